The third-order valence-corrected chi connectivity index (χ3v) is 3.45. The smallest absolute Gasteiger partial charge is 0.126 e. The summed E-state index contributed by atoms with van der Waals surface area (Å²) in [6, 6.07) is 11.0. The first-order valence-electron chi connectivity index (χ1n) is 5.23. The van der Waals surface area contributed by atoms with E-state index in [0.717, 1.165) is 15.8 Å². The molecule has 0 saturated carbocycles. The first-order valence-corrected chi connectivity index (χ1v) is 6.00. The molecule has 0 amide bonds. The number of nitrogens with zero attached hydrogens (tertiary/aromatic N) is 2. The number of aromatic nitrogens is 2. The highest BCUT2D eigenvalue weighted by Crippen LogP contribution is 2.31. The summed E-state index contributed by atoms with van der Waals surface area (Å²) in [6.07, 6.45) is 0. The molecule has 0 radical (unpaired) electrons. The molecule has 3 aromatic rings. The van der Waals surface area contributed by atoms with Crippen molar-refractivity contribution in [2.24, 2.45) is 0 Å². The number of fused-ring (bicyclic) bond motifs is 1. The molecular formula is C13H9FN2S. The Balaban J connectivity index is 2.28. The number of aryl methyl sites for hydroxylation is 1. The van der Waals surface area contributed by atoms with Crippen LogP contribution in [0.15, 0.2) is 36.4 Å². The highest BCUT2D eigenvalue weighted by molar-refractivity contribution is 7.13. The molecule has 0 bridgehead atoms. The molecule has 0 spiro atoms. The predicted molar refractivity (Wildman–Crippen MR) is 67.5 cm³/mol. The zero-order valence-corrected chi connectivity index (χ0v) is 9.96. The van der Waals surface area contributed by atoms with E-state index in [2.05, 4.69) is 9.59 Å². The topological polar surface area (TPSA) is 25.8 Å². The van der Waals surface area contributed by atoms with E-state index in [-0.39, 0.29) is 5.82 Å². The van der Waals surface area contributed by atoms with Crippen LogP contribution in [0.3, 0.4) is 0 Å². The van der Waals surface area contributed by atoms with Crippen LogP contribution in [0.1, 0.15) is 5.56 Å². The lowest BCUT2D eigenvalue weighted by Gasteiger charge is -2.03. The van der Waals surface area contributed by atoms with Crippen LogP contribution in [0.4, 0.5) is 4.39 Å². The van der Waals surface area contributed by atoms with Gasteiger partial charge in [-0.2, -0.15) is 0 Å². The van der Waals surface area contributed by atoms with Crippen LogP contribution < -0.4 is 0 Å². The van der Waals surface area contributed by atoms with E-state index in [9.17, 15) is 4.39 Å². The van der Waals surface area contributed by atoms with Crippen molar-refractivity contribution in [3.63, 3.8) is 0 Å². The van der Waals surface area contributed by atoms with Crippen molar-refractivity contribution >= 4 is 21.7 Å². The summed E-state index contributed by atoms with van der Waals surface area (Å²) >= 11 is 1.29. The minimum Gasteiger partial charge on any atom is -0.207 e. The molecule has 2 aromatic carbocycles. The van der Waals surface area contributed by atoms with Gasteiger partial charge in [-0.25, -0.2) is 4.39 Å². The van der Waals surface area contributed by atoms with E-state index in [1.807, 2.05) is 31.2 Å². The van der Waals surface area contributed by atoms with E-state index in [0.29, 0.717) is 5.52 Å². The second-order valence-electron chi connectivity index (χ2n) is 3.94. The highest BCUT2D eigenvalue weighted by Gasteiger charge is 2.09. The summed E-state index contributed by atoms with van der Waals surface area (Å²) in [4.78, 5) is 0. The van der Waals surface area contributed by atoms with Gasteiger partial charge in [0.1, 0.15) is 11.3 Å². The van der Waals surface area contributed by atoms with E-state index in [1.54, 1.807) is 0 Å². The Labute approximate surface area is 102 Å². The minimum absolute atomic E-state index is 0.277. The van der Waals surface area contributed by atoms with Gasteiger partial charge in [-0.1, -0.05) is 34.3 Å². The summed E-state index contributed by atoms with van der Waals surface area (Å²) in [5, 5.41) is 3.91. The molecule has 1 heterocycles. The summed E-state index contributed by atoms with van der Waals surface area (Å²) in [7, 11) is 0. The van der Waals surface area contributed by atoms with Gasteiger partial charge in [-0.05, 0) is 30.1 Å². The fourth-order valence-corrected chi connectivity index (χ4v) is 2.48. The van der Waals surface area contributed by atoms with Gasteiger partial charge < -0.3 is 0 Å². The number of hydrogen-bond donors (Lipinski definition) is 0. The van der Waals surface area contributed by atoms with E-state index in [1.165, 1.54) is 29.2 Å². The molecule has 0 N–H and O–H groups in total. The molecule has 4 heteroatoms. The van der Waals surface area contributed by atoms with Crippen LogP contribution in [-0.2, 0) is 0 Å². The fourth-order valence-electron chi connectivity index (χ4n) is 1.80. The monoisotopic (exact) mass is 244 g/mol. The Hall–Kier alpha value is -1.81. The van der Waals surface area contributed by atoms with Crippen LogP contribution in [0.2, 0.25) is 0 Å². The molecule has 0 saturated heterocycles. The molecule has 17 heavy (non-hydrogen) atoms. The second kappa shape index (κ2) is 3.89. The Kier molecular flexibility index (Phi) is 2.37. The highest BCUT2D eigenvalue weighted by atomic mass is 32.1. The Bertz CT molecular complexity index is 673. The van der Waals surface area contributed by atoms with Gasteiger partial charge in [0.05, 0.1) is 4.70 Å². The van der Waals surface area contributed by atoms with Crippen LogP contribution in [0.5, 0.6) is 0 Å². The molecule has 0 aliphatic rings. The first kappa shape index (κ1) is 10.4. The van der Waals surface area contributed by atoms with Gasteiger partial charge in [0.15, 0.2) is 0 Å². The predicted octanol–water partition coefficient (Wildman–Crippen LogP) is 3.81. The van der Waals surface area contributed by atoms with Crippen molar-refractivity contribution in [2.75, 3.05) is 0 Å². The van der Waals surface area contributed by atoms with Gasteiger partial charge in [0, 0.05) is 11.6 Å². The molecule has 84 valence electrons. The SMILES string of the molecule is Cc1ccc(-c2cc(F)cc3nnsc23)cc1. The van der Waals surface area contributed by atoms with Crippen molar-refractivity contribution in [2.45, 2.75) is 6.92 Å². The van der Waals surface area contributed by atoms with Gasteiger partial charge in [0.25, 0.3) is 0 Å². The third-order valence-electron chi connectivity index (χ3n) is 2.68. The molecule has 1 aromatic heterocycles. The molecule has 3 rings (SSSR count). The summed E-state index contributed by atoms with van der Waals surface area (Å²) < 4.78 is 18.3. The van der Waals surface area contributed by atoms with Gasteiger partial charge >= 0.3 is 0 Å². The van der Waals surface area contributed by atoms with Crippen molar-refractivity contribution in [3.8, 4) is 11.1 Å². The van der Waals surface area contributed by atoms with E-state index < -0.39 is 0 Å². The minimum atomic E-state index is -0.277. The lowest BCUT2D eigenvalue weighted by atomic mass is 10.0. The summed E-state index contributed by atoms with van der Waals surface area (Å²) in [6.45, 7) is 2.03. The van der Waals surface area contributed by atoms with E-state index >= 15 is 0 Å². The number of halogens is 1. The zero-order valence-electron chi connectivity index (χ0n) is 9.14. The molecule has 0 atom stereocenters. The van der Waals surface area contributed by atoms with Crippen LogP contribution in [0, 0.1) is 12.7 Å². The quantitative estimate of drug-likeness (QED) is 0.650. The zero-order chi connectivity index (χ0) is 11.8. The normalized spacial score (nSPS) is 10.9. The average molecular weight is 244 g/mol. The van der Waals surface area contributed by atoms with Crippen molar-refractivity contribution < 1.29 is 4.39 Å². The molecule has 0 fully saturated rings. The Morgan fingerprint density at radius 3 is 2.65 bits per heavy atom. The standard InChI is InChI=1S/C13H9FN2S/c1-8-2-4-9(5-3-8)11-6-10(14)7-12-13(11)17-16-15-12/h2-7H,1H3. The average Bonchev–Trinajstić information content (AvgIpc) is 2.77. The maximum atomic E-state index is 13.5. The van der Waals surface area contributed by atoms with Crippen molar-refractivity contribution in [1.82, 2.24) is 9.59 Å². The van der Waals surface area contributed by atoms with Crippen LogP contribution >= 0.6 is 11.5 Å². The largest absolute Gasteiger partial charge is 0.207 e. The number of hydrogen-bond acceptors (Lipinski definition) is 3. The Morgan fingerprint density at radius 1 is 1.12 bits per heavy atom. The fraction of sp³-hybridized carbons (Fsp3) is 0.0769. The van der Waals surface area contributed by atoms with Crippen molar-refractivity contribution in [3.05, 3.63) is 47.8 Å². The molecule has 2 nitrogen and oxygen atoms in total. The van der Waals surface area contributed by atoms with Crippen LogP contribution in [0.25, 0.3) is 21.3 Å². The maximum absolute atomic E-state index is 13.5. The Morgan fingerprint density at radius 2 is 1.88 bits per heavy atom. The number of rotatable bonds is 1. The molecule has 0 unspecified atom stereocenters. The van der Waals surface area contributed by atoms with Gasteiger partial charge in [0.2, 0.25) is 0 Å². The van der Waals surface area contributed by atoms with Crippen LogP contribution in [-0.4, -0.2) is 9.59 Å². The lowest BCUT2D eigenvalue weighted by Crippen LogP contribution is -1.82. The van der Waals surface area contributed by atoms with E-state index in [4.69, 9.17) is 0 Å². The maximum Gasteiger partial charge on any atom is 0.126 e. The van der Waals surface area contributed by atoms with Gasteiger partial charge in [-0.3, -0.25) is 0 Å². The second-order valence-corrected chi connectivity index (χ2v) is 4.69. The summed E-state index contributed by atoms with van der Waals surface area (Å²) in [5.41, 5.74) is 3.65. The molecule has 0 aliphatic heterocycles. The lowest BCUT2D eigenvalue weighted by molar-refractivity contribution is 0.630. The number of benzene rings is 2. The molecular weight excluding hydrogens is 235 g/mol. The summed E-state index contributed by atoms with van der Waals surface area (Å²) in [5.74, 6) is -0.277. The van der Waals surface area contributed by atoms with Gasteiger partial charge in [-0.15, -0.1) is 5.10 Å². The third kappa shape index (κ3) is 1.80. The first-order chi connectivity index (χ1) is 8.24. The van der Waals surface area contributed by atoms with Crippen molar-refractivity contribution in [1.29, 1.82) is 0 Å². The molecule has 0 aliphatic carbocycles.